The van der Waals surface area contributed by atoms with Crippen molar-refractivity contribution < 1.29 is 33.4 Å². The van der Waals surface area contributed by atoms with Crippen molar-refractivity contribution in [2.45, 2.75) is 68.6 Å². The van der Waals surface area contributed by atoms with Crippen LogP contribution < -0.4 is 16.0 Å². The molecule has 3 fully saturated rings. The van der Waals surface area contributed by atoms with Crippen LogP contribution in [0.3, 0.4) is 0 Å². The first kappa shape index (κ1) is 30.6. The van der Waals surface area contributed by atoms with E-state index in [1.165, 1.54) is 4.90 Å². The highest BCUT2D eigenvalue weighted by atomic mass is 32.2. The van der Waals surface area contributed by atoms with Crippen molar-refractivity contribution in [3.8, 4) is 0 Å². The molecule has 0 bridgehead atoms. The summed E-state index contributed by atoms with van der Waals surface area (Å²) in [6, 6.07) is 0.397. The lowest BCUT2D eigenvalue weighted by Crippen LogP contribution is -2.48. The Morgan fingerprint density at radius 2 is 1.95 bits per heavy atom. The second-order valence-electron chi connectivity index (χ2n) is 9.75. The first-order chi connectivity index (χ1) is 18.5. The summed E-state index contributed by atoms with van der Waals surface area (Å²) < 4.78 is 16.7. The number of nitrogens with zero attached hydrogens (tertiary/aromatic N) is 1. The van der Waals surface area contributed by atoms with E-state index >= 15 is 0 Å². The molecule has 11 nitrogen and oxygen atoms in total. The zero-order chi connectivity index (χ0) is 27.5. The van der Waals surface area contributed by atoms with Crippen molar-refractivity contribution in [2.75, 3.05) is 45.9 Å². The SMILES string of the molecule is C=CC1OC(CC)C2C(=O)N(CCOCCOCNC(=O)CCCCC3SCC(NC=O)C3NC)C(=O)C12. The van der Waals surface area contributed by atoms with Gasteiger partial charge in [-0.25, -0.2) is 0 Å². The van der Waals surface area contributed by atoms with Crippen molar-refractivity contribution in [1.29, 1.82) is 0 Å². The lowest BCUT2D eigenvalue weighted by Gasteiger charge is -2.22. The van der Waals surface area contributed by atoms with Gasteiger partial charge in [0.05, 0.1) is 56.5 Å². The Kier molecular flexibility index (Phi) is 12.5. The zero-order valence-corrected chi connectivity index (χ0v) is 23.2. The number of ether oxygens (including phenoxy) is 3. The summed E-state index contributed by atoms with van der Waals surface area (Å²) >= 11 is 1.86. The van der Waals surface area contributed by atoms with Crippen LogP contribution in [0.1, 0.15) is 39.0 Å². The van der Waals surface area contributed by atoms with Gasteiger partial charge in [0.25, 0.3) is 0 Å². The Balaban J connectivity index is 1.19. The van der Waals surface area contributed by atoms with Gasteiger partial charge in [-0.3, -0.25) is 24.1 Å². The number of likely N-dealkylation sites (N-methyl/N-ethyl adjacent to an activating group) is 1. The third kappa shape index (κ3) is 7.56. The molecule has 0 radical (unpaired) electrons. The van der Waals surface area contributed by atoms with E-state index in [-0.39, 0.29) is 62.4 Å². The van der Waals surface area contributed by atoms with E-state index in [0.717, 1.165) is 31.4 Å². The molecule has 0 aromatic carbocycles. The quantitative estimate of drug-likeness (QED) is 0.0725. The Bertz CT molecular complexity index is 831. The van der Waals surface area contributed by atoms with E-state index < -0.39 is 17.9 Å². The van der Waals surface area contributed by atoms with Gasteiger partial charge in [-0.1, -0.05) is 19.4 Å². The number of carbonyl (C=O) groups excluding carboxylic acids is 4. The summed E-state index contributed by atoms with van der Waals surface area (Å²) in [4.78, 5) is 49.6. The molecule has 0 aromatic heterocycles. The summed E-state index contributed by atoms with van der Waals surface area (Å²) in [5.74, 6) is -0.488. The van der Waals surface area contributed by atoms with Gasteiger partial charge in [0.15, 0.2) is 0 Å². The van der Waals surface area contributed by atoms with Crippen LogP contribution in [0.25, 0.3) is 0 Å². The molecule has 7 unspecified atom stereocenters. The Morgan fingerprint density at radius 3 is 2.66 bits per heavy atom. The van der Waals surface area contributed by atoms with Crippen LogP contribution in [-0.2, 0) is 33.4 Å². The summed E-state index contributed by atoms with van der Waals surface area (Å²) in [5.41, 5.74) is 0. The van der Waals surface area contributed by atoms with E-state index in [1.807, 2.05) is 25.7 Å². The van der Waals surface area contributed by atoms with Crippen LogP contribution in [0.15, 0.2) is 12.7 Å². The average Bonchev–Trinajstić information content (AvgIpc) is 3.56. The summed E-state index contributed by atoms with van der Waals surface area (Å²) in [7, 11) is 1.91. The molecule has 12 heteroatoms. The smallest absolute Gasteiger partial charge is 0.236 e. The average molecular weight is 555 g/mol. The fourth-order valence-electron chi connectivity index (χ4n) is 5.54. The highest BCUT2D eigenvalue weighted by Gasteiger charge is 2.58. The molecule has 3 saturated heterocycles. The molecule has 3 rings (SSSR count). The molecule has 38 heavy (non-hydrogen) atoms. The van der Waals surface area contributed by atoms with E-state index in [1.54, 1.807) is 6.08 Å². The predicted molar refractivity (Wildman–Crippen MR) is 143 cm³/mol. The molecule has 3 heterocycles. The molecule has 0 aliphatic carbocycles. The lowest BCUT2D eigenvalue weighted by atomic mass is 9.88. The Morgan fingerprint density at radius 1 is 1.18 bits per heavy atom. The number of likely N-dealkylation sites (tertiary alicyclic amines) is 1. The van der Waals surface area contributed by atoms with Gasteiger partial charge in [0, 0.05) is 23.5 Å². The molecule has 0 saturated carbocycles. The molecule has 3 aliphatic rings. The van der Waals surface area contributed by atoms with Gasteiger partial charge in [0.2, 0.25) is 24.1 Å². The monoisotopic (exact) mass is 554 g/mol. The molecule has 3 aliphatic heterocycles. The zero-order valence-electron chi connectivity index (χ0n) is 22.4. The van der Waals surface area contributed by atoms with Gasteiger partial charge in [-0.05, 0) is 26.3 Å². The van der Waals surface area contributed by atoms with Crippen molar-refractivity contribution in [1.82, 2.24) is 20.9 Å². The highest BCUT2D eigenvalue weighted by molar-refractivity contribution is 8.00. The van der Waals surface area contributed by atoms with Crippen LogP contribution in [0, 0.1) is 11.8 Å². The van der Waals surface area contributed by atoms with Crippen LogP contribution >= 0.6 is 11.8 Å². The molecule has 0 spiro atoms. The summed E-state index contributed by atoms with van der Waals surface area (Å²) in [6.07, 6.45) is 5.51. The molecule has 3 N–H and O–H groups in total. The number of hydrogen-bond acceptors (Lipinski definition) is 9. The predicted octanol–water partition coefficient (Wildman–Crippen LogP) is 0.436. The van der Waals surface area contributed by atoms with Gasteiger partial charge in [-0.15, -0.1) is 6.58 Å². The number of hydrogen-bond donors (Lipinski definition) is 3. The van der Waals surface area contributed by atoms with Crippen LogP contribution in [0.4, 0.5) is 0 Å². The molecule has 4 amide bonds. The fourth-order valence-corrected chi connectivity index (χ4v) is 7.16. The van der Waals surface area contributed by atoms with E-state index in [9.17, 15) is 19.2 Å². The number of unbranched alkanes of at least 4 members (excludes halogenated alkanes) is 1. The van der Waals surface area contributed by atoms with Gasteiger partial charge < -0.3 is 30.2 Å². The van der Waals surface area contributed by atoms with Crippen LogP contribution in [0.2, 0.25) is 0 Å². The maximum atomic E-state index is 12.8. The van der Waals surface area contributed by atoms with Gasteiger partial charge in [0.1, 0.15) is 6.73 Å². The van der Waals surface area contributed by atoms with Gasteiger partial charge >= 0.3 is 0 Å². The number of amides is 4. The molecule has 0 aromatic rings. The lowest BCUT2D eigenvalue weighted by molar-refractivity contribution is -0.144. The molecule has 214 valence electrons. The van der Waals surface area contributed by atoms with Crippen LogP contribution in [-0.4, -0.2) is 104 Å². The molecular weight excluding hydrogens is 512 g/mol. The second-order valence-corrected chi connectivity index (χ2v) is 11.0. The number of thioether (sulfide) groups is 1. The third-order valence-electron chi connectivity index (χ3n) is 7.49. The Labute approximate surface area is 229 Å². The molecule has 7 atom stereocenters. The minimum Gasteiger partial charge on any atom is -0.377 e. The standard InChI is InChI=1S/C26H42N4O7S/c1-4-18-22-23(19(5-2)37-18)26(34)30(25(22)33)10-11-35-12-13-36-16-29-21(32)9-7-6-8-20-24(27-3)17(14-38-20)28-15-31/h4,15,17-20,22-24,27H,1,5-14,16H2,2-3H3,(H,28,31)(H,29,32). The third-order valence-corrected chi connectivity index (χ3v) is 9.00. The maximum Gasteiger partial charge on any atom is 0.236 e. The number of imide groups is 1. The Hall–Kier alpha value is -1.99. The van der Waals surface area contributed by atoms with Crippen molar-refractivity contribution >= 4 is 35.9 Å². The number of fused-ring (bicyclic) bond motifs is 1. The van der Waals surface area contributed by atoms with Crippen molar-refractivity contribution in [2.24, 2.45) is 11.8 Å². The number of carbonyl (C=O) groups is 4. The first-order valence-electron chi connectivity index (χ1n) is 13.5. The number of rotatable bonds is 18. The summed E-state index contributed by atoms with van der Waals surface area (Å²) in [6.45, 7) is 6.80. The number of nitrogens with one attached hydrogen (secondary N) is 3. The molecular formula is C26H42N4O7S. The van der Waals surface area contributed by atoms with Gasteiger partial charge in [-0.2, -0.15) is 11.8 Å². The van der Waals surface area contributed by atoms with E-state index in [0.29, 0.717) is 24.7 Å². The minimum absolute atomic E-state index is 0.0561. The second kappa shape index (κ2) is 15.6. The van der Waals surface area contributed by atoms with Crippen molar-refractivity contribution in [3.63, 3.8) is 0 Å². The highest BCUT2D eigenvalue weighted by Crippen LogP contribution is 2.42. The van der Waals surface area contributed by atoms with E-state index in [2.05, 4.69) is 22.5 Å². The normalized spacial score (nSPS) is 30.5. The minimum atomic E-state index is -0.484. The summed E-state index contributed by atoms with van der Waals surface area (Å²) in [5, 5.41) is 9.34. The fraction of sp³-hybridized carbons (Fsp3) is 0.769. The first-order valence-corrected chi connectivity index (χ1v) is 14.6. The maximum absolute atomic E-state index is 12.8. The topological polar surface area (TPSA) is 135 Å². The largest absolute Gasteiger partial charge is 0.377 e. The van der Waals surface area contributed by atoms with E-state index in [4.69, 9.17) is 14.2 Å². The van der Waals surface area contributed by atoms with Crippen molar-refractivity contribution in [3.05, 3.63) is 12.7 Å². The van der Waals surface area contributed by atoms with Crippen LogP contribution in [0.5, 0.6) is 0 Å².